The van der Waals surface area contributed by atoms with Gasteiger partial charge >= 0.3 is 0 Å². The predicted molar refractivity (Wildman–Crippen MR) is 100.0 cm³/mol. The van der Waals surface area contributed by atoms with Gasteiger partial charge in [-0.05, 0) is 31.5 Å². The third kappa shape index (κ3) is 5.40. The van der Waals surface area contributed by atoms with E-state index in [-0.39, 0.29) is 11.2 Å². The highest BCUT2D eigenvalue weighted by atomic mass is 35.5. The van der Waals surface area contributed by atoms with Gasteiger partial charge in [0.15, 0.2) is 5.16 Å². The fourth-order valence-electron chi connectivity index (χ4n) is 2.06. The largest absolute Gasteiger partial charge is 0.324 e. The van der Waals surface area contributed by atoms with Crippen LogP contribution in [-0.2, 0) is 11.3 Å². The lowest BCUT2D eigenvalue weighted by Gasteiger charge is -2.13. The van der Waals surface area contributed by atoms with E-state index in [1.165, 1.54) is 11.8 Å². The molecule has 5 nitrogen and oxygen atoms in total. The molecule has 0 radical (unpaired) electrons. The lowest BCUT2D eigenvalue weighted by molar-refractivity contribution is -0.115. The number of nitrogens with zero attached hydrogens (tertiary/aromatic N) is 3. The van der Waals surface area contributed by atoms with Crippen LogP contribution < -0.4 is 5.32 Å². The molecule has 2 rings (SSSR count). The smallest absolute Gasteiger partial charge is 0.237 e. The summed E-state index contributed by atoms with van der Waals surface area (Å²) >= 11 is 13.4. The van der Waals surface area contributed by atoms with E-state index >= 15 is 0 Å². The van der Waals surface area contributed by atoms with Crippen molar-refractivity contribution in [1.82, 2.24) is 14.8 Å². The Bertz CT molecular complexity index is 692. The van der Waals surface area contributed by atoms with Crippen LogP contribution in [0.25, 0.3) is 0 Å². The van der Waals surface area contributed by atoms with Crippen LogP contribution in [0, 0.1) is 0 Å². The van der Waals surface area contributed by atoms with Crippen LogP contribution in [0.2, 0.25) is 10.0 Å². The molecule has 0 fully saturated rings. The zero-order valence-electron chi connectivity index (χ0n) is 13.6. The van der Waals surface area contributed by atoms with Gasteiger partial charge in [0, 0.05) is 11.6 Å². The number of hydrogen-bond acceptors (Lipinski definition) is 4. The number of carbonyl (C=O) groups excluding carboxylic acids is 1. The zero-order valence-corrected chi connectivity index (χ0v) is 16.0. The standard InChI is InChI=1S/C16H20Cl2N4OS/c1-3-4-5-8-22-10-19-21-16(22)24-11(2)15(23)20-14-9-12(17)6-7-13(14)18/h6-7,9-11H,3-5,8H2,1-2H3,(H,20,23)/t11-/m1/s1. The average molecular weight is 387 g/mol. The van der Waals surface area contributed by atoms with E-state index in [4.69, 9.17) is 23.2 Å². The van der Waals surface area contributed by atoms with Crippen molar-refractivity contribution in [3.63, 3.8) is 0 Å². The molecule has 0 saturated heterocycles. The molecule has 1 aromatic carbocycles. The first kappa shape index (κ1) is 19.1. The molecular formula is C16H20Cl2N4OS. The van der Waals surface area contributed by atoms with E-state index in [9.17, 15) is 4.79 Å². The molecule has 1 atom stereocenters. The minimum absolute atomic E-state index is 0.160. The molecule has 0 saturated carbocycles. The van der Waals surface area contributed by atoms with Crippen molar-refractivity contribution >= 4 is 46.6 Å². The summed E-state index contributed by atoms with van der Waals surface area (Å²) < 4.78 is 1.98. The number of nitrogens with one attached hydrogen (secondary N) is 1. The SMILES string of the molecule is CCCCCn1cnnc1S[C@H](C)C(=O)Nc1cc(Cl)ccc1Cl. The number of halogens is 2. The number of amides is 1. The van der Waals surface area contributed by atoms with Gasteiger partial charge in [-0.3, -0.25) is 4.79 Å². The summed E-state index contributed by atoms with van der Waals surface area (Å²) in [6, 6.07) is 4.96. The number of hydrogen-bond donors (Lipinski definition) is 1. The topological polar surface area (TPSA) is 59.8 Å². The van der Waals surface area contributed by atoms with E-state index in [1.807, 2.05) is 11.5 Å². The first-order chi connectivity index (χ1) is 11.5. The van der Waals surface area contributed by atoms with Crippen molar-refractivity contribution in [2.75, 3.05) is 5.32 Å². The van der Waals surface area contributed by atoms with Crippen LogP contribution in [0.15, 0.2) is 29.7 Å². The van der Waals surface area contributed by atoms with Gasteiger partial charge in [0.25, 0.3) is 0 Å². The molecule has 2 aromatic rings. The minimum atomic E-state index is -0.339. The maximum Gasteiger partial charge on any atom is 0.237 e. The number of aryl methyl sites for hydroxylation is 1. The quantitative estimate of drug-likeness (QED) is 0.517. The Labute approximate surface area is 156 Å². The third-order valence-corrected chi connectivity index (χ3v) is 5.08. The van der Waals surface area contributed by atoms with E-state index in [0.717, 1.165) is 31.0 Å². The van der Waals surface area contributed by atoms with Crippen molar-refractivity contribution in [2.45, 2.75) is 50.1 Å². The van der Waals surface area contributed by atoms with Gasteiger partial charge in [-0.25, -0.2) is 0 Å². The fourth-order valence-corrected chi connectivity index (χ4v) is 3.25. The summed E-state index contributed by atoms with van der Waals surface area (Å²) in [5, 5.41) is 12.2. The first-order valence-electron chi connectivity index (χ1n) is 7.81. The van der Waals surface area contributed by atoms with Crippen LogP contribution in [-0.4, -0.2) is 25.9 Å². The maximum atomic E-state index is 12.4. The number of benzene rings is 1. The second-order valence-corrected chi connectivity index (χ2v) is 7.54. The first-order valence-corrected chi connectivity index (χ1v) is 9.45. The van der Waals surface area contributed by atoms with Gasteiger partial charge < -0.3 is 9.88 Å². The molecule has 1 heterocycles. The summed E-state index contributed by atoms with van der Waals surface area (Å²) in [5.41, 5.74) is 0.506. The molecule has 24 heavy (non-hydrogen) atoms. The van der Waals surface area contributed by atoms with Gasteiger partial charge in [-0.2, -0.15) is 0 Å². The molecule has 0 bridgehead atoms. The number of thioether (sulfide) groups is 1. The molecule has 1 N–H and O–H groups in total. The molecule has 1 aromatic heterocycles. The number of anilines is 1. The van der Waals surface area contributed by atoms with E-state index in [0.29, 0.717) is 15.7 Å². The summed E-state index contributed by atoms with van der Waals surface area (Å²) in [6.45, 7) is 4.84. The Morgan fingerprint density at radius 3 is 2.92 bits per heavy atom. The predicted octanol–water partition coefficient (Wildman–Crippen LogP) is 4.89. The molecule has 8 heteroatoms. The third-order valence-electron chi connectivity index (χ3n) is 3.42. The monoisotopic (exact) mass is 386 g/mol. The molecule has 1 amide bonds. The van der Waals surface area contributed by atoms with Crippen molar-refractivity contribution in [1.29, 1.82) is 0 Å². The summed E-state index contributed by atoms with van der Waals surface area (Å²) in [6.07, 6.45) is 5.09. The normalized spacial score (nSPS) is 12.2. The Kier molecular flexibility index (Phi) is 7.40. The second-order valence-electron chi connectivity index (χ2n) is 5.39. The molecule has 0 spiro atoms. The highest BCUT2D eigenvalue weighted by Crippen LogP contribution is 2.27. The van der Waals surface area contributed by atoms with Crippen LogP contribution in [0.1, 0.15) is 33.1 Å². The van der Waals surface area contributed by atoms with Crippen LogP contribution >= 0.6 is 35.0 Å². The van der Waals surface area contributed by atoms with Crippen molar-refractivity contribution < 1.29 is 4.79 Å². The molecule has 0 aliphatic rings. The molecule has 130 valence electrons. The lowest BCUT2D eigenvalue weighted by Crippen LogP contribution is -2.23. The van der Waals surface area contributed by atoms with E-state index in [2.05, 4.69) is 22.4 Å². The van der Waals surface area contributed by atoms with Gasteiger partial charge in [0.05, 0.1) is 16.0 Å². The van der Waals surface area contributed by atoms with E-state index in [1.54, 1.807) is 24.5 Å². The number of carbonyl (C=O) groups is 1. The Morgan fingerprint density at radius 1 is 1.38 bits per heavy atom. The van der Waals surface area contributed by atoms with Gasteiger partial charge in [-0.1, -0.05) is 54.7 Å². The van der Waals surface area contributed by atoms with Crippen molar-refractivity contribution in [3.05, 3.63) is 34.6 Å². The summed E-state index contributed by atoms with van der Waals surface area (Å²) in [5.74, 6) is -0.160. The number of unbranched alkanes of at least 4 members (excludes halogenated alkanes) is 2. The zero-order chi connectivity index (χ0) is 17.5. The maximum absolute atomic E-state index is 12.4. The van der Waals surface area contributed by atoms with Crippen molar-refractivity contribution in [2.24, 2.45) is 0 Å². The Balaban J connectivity index is 1.97. The summed E-state index contributed by atoms with van der Waals surface area (Å²) in [7, 11) is 0. The molecule has 0 unspecified atom stereocenters. The lowest BCUT2D eigenvalue weighted by atomic mass is 10.2. The Morgan fingerprint density at radius 2 is 2.17 bits per heavy atom. The van der Waals surface area contributed by atoms with Gasteiger partial charge in [-0.15, -0.1) is 10.2 Å². The molecule has 0 aliphatic carbocycles. The molecule has 0 aliphatic heterocycles. The van der Waals surface area contributed by atoms with Gasteiger partial charge in [0.1, 0.15) is 6.33 Å². The highest BCUT2D eigenvalue weighted by Gasteiger charge is 2.19. The van der Waals surface area contributed by atoms with Gasteiger partial charge in [0.2, 0.25) is 5.91 Å². The minimum Gasteiger partial charge on any atom is -0.324 e. The number of rotatable bonds is 8. The Hall–Kier alpha value is -1.24. The van der Waals surface area contributed by atoms with Crippen LogP contribution in [0.3, 0.4) is 0 Å². The fraction of sp³-hybridized carbons (Fsp3) is 0.438. The number of aromatic nitrogens is 3. The van der Waals surface area contributed by atoms with Crippen molar-refractivity contribution in [3.8, 4) is 0 Å². The average Bonchev–Trinajstić information content (AvgIpc) is 2.98. The van der Waals surface area contributed by atoms with E-state index < -0.39 is 0 Å². The highest BCUT2D eigenvalue weighted by molar-refractivity contribution is 8.00. The second kappa shape index (κ2) is 9.30. The van der Waals surface area contributed by atoms with Crippen LogP contribution in [0.5, 0.6) is 0 Å². The molecular weight excluding hydrogens is 367 g/mol. The summed E-state index contributed by atoms with van der Waals surface area (Å²) in [4.78, 5) is 12.4. The van der Waals surface area contributed by atoms with Crippen LogP contribution in [0.4, 0.5) is 5.69 Å².